The normalized spacial score (nSPS) is 13.6. The molecule has 0 bridgehead atoms. The van der Waals surface area contributed by atoms with Gasteiger partial charge in [-0.15, -0.1) is 0 Å². The maximum absolute atomic E-state index is 11.2. The minimum absolute atomic E-state index is 0.438. The molecule has 0 radical (unpaired) electrons. The lowest BCUT2D eigenvalue weighted by Gasteiger charge is -2.14. The summed E-state index contributed by atoms with van der Waals surface area (Å²) in [6.45, 7) is 4.27. The number of rotatable bonds is 8. The molecule has 0 aliphatic heterocycles. The monoisotopic (exact) mass is 250 g/mol. The van der Waals surface area contributed by atoms with E-state index in [0.29, 0.717) is 23.7 Å². The van der Waals surface area contributed by atoms with E-state index in [9.17, 15) is 9.90 Å². The minimum Gasteiger partial charge on any atom is -0.478 e. The van der Waals surface area contributed by atoms with Crippen LogP contribution < -0.4 is 0 Å². The lowest BCUT2D eigenvalue weighted by Crippen LogP contribution is -2.07. The third-order valence-electron chi connectivity index (χ3n) is 3.19. The highest BCUT2D eigenvalue weighted by Crippen LogP contribution is 2.23. The first-order valence-electron chi connectivity index (χ1n) is 6.64. The largest absolute Gasteiger partial charge is 0.478 e. The Morgan fingerprint density at radius 1 is 1.50 bits per heavy atom. The molecule has 1 aromatic rings. The van der Waals surface area contributed by atoms with E-state index in [-0.39, 0.29) is 0 Å². The molecular formula is C15H22O3. The number of carboxylic acid groups (broad SMARTS) is 1. The van der Waals surface area contributed by atoms with Crippen LogP contribution in [0.5, 0.6) is 0 Å². The molecule has 0 aliphatic rings. The van der Waals surface area contributed by atoms with Crippen LogP contribution in [0.4, 0.5) is 0 Å². The molecule has 0 aromatic carbocycles. The van der Waals surface area contributed by atoms with Crippen molar-refractivity contribution in [2.75, 3.05) is 0 Å². The molecule has 0 amide bonds. The third kappa shape index (κ3) is 4.78. The van der Waals surface area contributed by atoms with Gasteiger partial charge in [-0.3, -0.25) is 0 Å². The molecule has 0 saturated carbocycles. The first-order valence-corrected chi connectivity index (χ1v) is 6.64. The van der Waals surface area contributed by atoms with Gasteiger partial charge in [0.1, 0.15) is 5.76 Å². The van der Waals surface area contributed by atoms with Crippen LogP contribution in [0, 0.1) is 5.92 Å². The molecule has 1 rings (SSSR count). The molecule has 0 aliphatic carbocycles. The van der Waals surface area contributed by atoms with Crippen molar-refractivity contribution in [2.24, 2.45) is 5.92 Å². The fourth-order valence-corrected chi connectivity index (χ4v) is 2.01. The zero-order valence-electron chi connectivity index (χ0n) is 11.2. The maximum atomic E-state index is 11.2. The van der Waals surface area contributed by atoms with Gasteiger partial charge in [0.25, 0.3) is 0 Å². The average Bonchev–Trinajstić information content (AvgIpc) is 2.85. The van der Waals surface area contributed by atoms with Gasteiger partial charge < -0.3 is 9.52 Å². The Kier molecular flexibility index (Phi) is 6.26. The fraction of sp³-hybridized carbons (Fsp3) is 0.533. The van der Waals surface area contributed by atoms with E-state index in [1.54, 1.807) is 24.5 Å². The summed E-state index contributed by atoms with van der Waals surface area (Å²) < 4.78 is 5.17. The Morgan fingerprint density at radius 3 is 2.78 bits per heavy atom. The SMILES string of the molecule is CCCCC(CC)C/C(=C/c1ccco1)C(=O)O. The molecule has 0 fully saturated rings. The Labute approximate surface area is 109 Å². The van der Waals surface area contributed by atoms with Gasteiger partial charge in [0, 0.05) is 5.57 Å². The van der Waals surface area contributed by atoms with Crippen LogP contribution in [0.1, 0.15) is 51.7 Å². The van der Waals surface area contributed by atoms with Gasteiger partial charge in [-0.2, -0.15) is 0 Å². The van der Waals surface area contributed by atoms with E-state index < -0.39 is 5.97 Å². The molecule has 1 aromatic heterocycles. The van der Waals surface area contributed by atoms with Crippen molar-refractivity contribution < 1.29 is 14.3 Å². The highest BCUT2D eigenvalue weighted by molar-refractivity contribution is 5.91. The summed E-state index contributed by atoms with van der Waals surface area (Å²) in [6.07, 6.45) is 8.23. The molecule has 0 spiro atoms. The molecule has 18 heavy (non-hydrogen) atoms. The van der Waals surface area contributed by atoms with Crippen LogP contribution >= 0.6 is 0 Å². The zero-order chi connectivity index (χ0) is 13.4. The van der Waals surface area contributed by atoms with E-state index in [1.165, 1.54) is 0 Å². The summed E-state index contributed by atoms with van der Waals surface area (Å²) in [4.78, 5) is 11.2. The molecular weight excluding hydrogens is 228 g/mol. The maximum Gasteiger partial charge on any atom is 0.331 e. The Hall–Kier alpha value is -1.51. The highest BCUT2D eigenvalue weighted by atomic mass is 16.4. The topological polar surface area (TPSA) is 50.4 Å². The Balaban J connectivity index is 2.70. The van der Waals surface area contributed by atoms with E-state index in [0.717, 1.165) is 25.7 Å². The predicted octanol–water partition coefficient (Wildman–Crippen LogP) is 4.35. The lowest BCUT2D eigenvalue weighted by atomic mass is 9.91. The van der Waals surface area contributed by atoms with Gasteiger partial charge in [-0.25, -0.2) is 4.79 Å². The van der Waals surface area contributed by atoms with Crippen LogP contribution in [-0.2, 0) is 4.79 Å². The molecule has 1 heterocycles. The van der Waals surface area contributed by atoms with Crippen molar-refractivity contribution in [1.29, 1.82) is 0 Å². The van der Waals surface area contributed by atoms with Crippen molar-refractivity contribution in [1.82, 2.24) is 0 Å². The van der Waals surface area contributed by atoms with Gasteiger partial charge in [0.05, 0.1) is 6.26 Å². The van der Waals surface area contributed by atoms with Gasteiger partial charge in [-0.1, -0.05) is 39.5 Å². The molecule has 1 unspecified atom stereocenters. The Bertz CT molecular complexity index is 376. The summed E-state index contributed by atoms with van der Waals surface area (Å²) in [7, 11) is 0. The second kappa shape index (κ2) is 7.75. The molecule has 100 valence electrons. The van der Waals surface area contributed by atoms with Gasteiger partial charge in [0.15, 0.2) is 0 Å². The molecule has 3 nitrogen and oxygen atoms in total. The van der Waals surface area contributed by atoms with Crippen molar-refractivity contribution in [3.8, 4) is 0 Å². The van der Waals surface area contributed by atoms with E-state index >= 15 is 0 Å². The van der Waals surface area contributed by atoms with Gasteiger partial charge in [0.2, 0.25) is 0 Å². The second-order valence-corrected chi connectivity index (χ2v) is 4.61. The first kappa shape index (κ1) is 14.6. The van der Waals surface area contributed by atoms with E-state index in [4.69, 9.17) is 4.42 Å². The van der Waals surface area contributed by atoms with Gasteiger partial charge >= 0.3 is 5.97 Å². The first-order chi connectivity index (χ1) is 8.67. The van der Waals surface area contributed by atoms with Crippen LogP contribution in [0.15, 0.2) is 28.4 Å². The Morgan fingerprint density at radius 2 is 2.28 bits per heavy atom. The van der Waals surface area contributed by atoms with Crippen LogP contribution in [0.3, 0.4) is 0 Å². The van der Waals surface area contributed by atoms with Crippen molar-refractivity contribution in [3.63, 3.8) is 0 Å². The molecule has 3 heteroatoms. The third-order valence-corrected chi connectivity index (χ3v) is 3.19. The lowest BCUT2D eigenvalue weighted by molar-refractivity contribution is -0.132. The molecule has 1 atom stereocenters. The van der Waals surface area contributed by atoms with Crippen LogP contribution in [0.25, 0.3) is 6.08 Å². The number of hydrogen-bond donors (Lipinski definition) is 1. The van der Waals surface area contributed by atoms with Crippen molar-refractivity contribution in [2.45, 2.75) is 46.0 Å². The highest BCUT2D eigenvalue weighted by Gasteiger charge is 2.14. The van der Waals surface area contributed by atoms with E-state index in [2.05, 4.69) is 13.8 Å². The number of aliphatic carboxylic acids is 1. The quantitative estimate of drug-likeness (QED) is 0.697. The summed E-state index contributed by atoms with van der Waals surface area (Å²) in [6, 6.07) is 3.54. The minimum atomic E-state index is -0.846. The number of unbranched alkanes of at least 4 members (excludes halogenated alkanes) is 1. The average molecular weight is 250 g/mol. The van der Waals surface area contributed by atoms with Crippen molar-refractivity contribution in [3.05, 3.63) is 29.7 Å². The van der Waals surface area contributed by atoms with Crippen molar-refractivity contribution >= 4 is 12.0 Å². The summed E-state index contributed by atoms with van der Waals surface area (Å²) in [5, 5.41) is 9.23. The van der Waals surface area contributed by atoms with Gasteiger partial charge in [-0.05, 0) is 30.5 Å². The summed E-state index contributed by atoms with van der Waals surface area (Å²) >= 11 is 0. The molecule has 0 saturated heterocycles. The number of carbonyl (C=O) groups is 1. The fourth-order valence-electron chi connectivity index (χ4n) is 2.01. The zero-order valence-corrected chi connectivity index (χ0v) is 11.2. The van der Waals surface area contributed by atoms with E-state index in [1.807, 2.05) is 0 Å². The number of carboxylic acids is 1. The predicted molar refractivity (Wildman–Crippen MR) is 72.2 cm³/mol. The van der Waals surface area contributed by atoms with Crippen LogP contribution in [-0.4, -0.2) is 11.1 Å². The summed E-state index contributed by atoms with van der Waals surface area (Å²) in [5.74, 6) is 0.210. The van der Waals surface area contributed by atoms with Crippen LogP contribution in [0.2, 0.25) is 0 Å². The smallest absolute Gasteiger partial charge is 0.331 e. The molecule has 1 N–H and O–H groups in total. The summed E-state index contributed by atoms with van der Waals surface area (Å²) in [5.41, 5.74) is 0.438. The second-order valence-electron chi connectivity index (χ2n) is 4.61. The standard InChI is InChI=1S/C15H22O3/c1-3-5-7-12(4-2)10-13(15(16)17)11-14-8-6-9-18-14/h6,8-9,11-12H,3-5,7,10H2,1-2H3,(H,16,17)/b13-11-. The number of furan rings is 1. The number of hydrogen-bond acceptors (Lipinski definition) is 2.